The SMILES string of the molecule is CC(C)c1ccc2c(c1)[C@@]1(Nc3ccccc3C(=O)N1Cc1ccc3c(c1)OCO3)C(=O)N2. The molecule has 6 rings (SSSR count). The summed E-state index contributed by atoms with van der Waals surface area (Å²) in [6, 6.07) is 18.9. The van der Waals surface area contributed by atoms with Crippen molar-refractivity contribution in [1.29, 1.82) is 0 Å². The number of benzene rings is 3. The Morgan fingerprint density at radius 1 is 0.970 bits per heavy atom. The molecule has 3 aromatic carbocycles. The van der Waals surface area contributed by atoms with Crippen LogP contribution >= 0.6 is 0 Å². The lowest BCUT2D eigenvalue weighted by Crippen LogP contribution is -2.60. The number of nitrogens with one attached hydrogen (secondary N) is 2. The van der Waals surface area contributed by atoms with Gasteiger partial charge in [0.15, 0.2) is 11.5 Å². The number of carbonyl (C=O) groups excluding carboxylic acids is 2. The Morgan fingerprint density at radius 3 is 2.64 bits per heavy atom. The van der Waals surface area contributed by atoms with E-state index in [-0.39, 0.29) is 31.1 Å². The Balaban J connectivity index is 1.53. The van der Waals surface area contributed by atoms with Crippen LogP contribution < -0.4 is 20.1 Å². The molecule has 0 unspecified atom stereocenters. The molecule has 3 heterocycles. The van der Waals surface area contributed by atoms with E-state index in [2.05, 4.69) is 24.5 Å². The zero-order valence-corrected chi connectivity index (χ0v) is 18.3. The predicted octanol–water partition coefficient (Wildman–Crippen LogP) is 4.41. The van der Waals surface area contributed by atoms with Crippen molar-refractivity contribution in [3.05, 3.63) is 82.9 Å². The fourth-order valence-corrected chi connectivity index (χ4v) is 4.81. The second-order valence-electron chi connectivity index (χ2n) is 8.87. The molecule has 1 spiro atoms. The molecule has 0 saturated heterocycles. The average molecular weight is 441 g/mol. The number of amides is 2. The third kappa shape index (κ3) is 2.81. The number of rotatable bonds is 3. The number of fused-ring (bicyclic) bond motifs is 4. The standard InChI is InChI=1S/C26H23N3O4/c1-15(2)17-8-9-21-19(12-17)26(25(31)27-21)28-20-6-4-3-5-18(20)24(30)29(26)13-16-7-10-22-23(11-16)33-14-32-22/h3-12,15,28H,13-14H2,1-2H3,(H,27,31)/t26-/m0/s1. The first-order chi connectivity index (χ1) is 16.0. The summed E-state index contributed by atoms with van der Waals surface area (Å²) in [5.74, 6) is 1.10. The Labute approximate surface area is 191 Å². The number of hydrogen-bond donors (Lipinski definition) is 2. The molecule has 3 aliphatic heterocycles. The van der Waals surface area contributed by atoms with Gasteiger partial charge in [0, 0.05) is 23.5 Å². The van der Waals surface area contributed by atoms with Gasteiger partial charge in [0.25, 0.3) is 11.8 Å². The lowest BCUT2D eigenvalue weighted by Gasteiger charge is -2.44. The molecule has 166 valence electrons. The van der Waals surface area contributed by atoms with Crippen LogP contribution in [0.5, 0.6) is 11.5 Å². The van der Waals surface area contributed by atoms with Gasteiger partial charge in [-0.2, -0.15) is 0 Å². The third-order valence-corrected chi connectivity index (χ3v) is 6.58. The summed E-state index contributed by atoms with van der Waals surface area (Å²) < 4.78 is 11.0. The van der Waals surface area contributed by atoms with Crippen LogP contribution in [0.25, 0.3) is 0 Å². The second kappa shape index (κ2) is 7.00. The van der Waals surface area contributed by atoms with Crippen LogP contribution in [0.2, 0.25) is 0 Å². The Bertz CT molecular complexity index is 1320. The van der Waals surface area contributed by atoms with Gasteiger partial charge >= 0.3 is 0 Å². The van der Waals surface area contributed by atoms with Crippen molar-refractivity contribution in [2.24, 2.45) is 0 Å². The summed E-state index contributed by atoms with van der Waals surface area (Å²) >= 11 is 0. The maximum atomic E-state index is 13.8. The molecule has 3 aliphatic rings. The van der Waals surface area contributed by atoms with Crippen LogP contribution in [0.4, 0.5) is 11.4 Å². The molecule has 3 aromatic rings. The van der Waals surface area contributed by atoms with Crippen molar-refractivity contribution in [2.45, 2.75) is 32.0 Å². The van der Waals surface area contributed by atoms with E-state index in [0.29, 0.717) is 28.4 Å². The zero-order chi connectivity index (χ0) is 22.7. The molecule has 2 amide bonds. The van der Waals surface area contributed by atoms with Crippen molar-refractivity contribution >= 4 is 23.2 Å². The molecule has 0 fully saturated rings. The minimum atomic E-state index is -1.36. The quantitative estimate of drug-likeness (QED) is 0.629. The molecule has 0 bridgehead atoms. The van der Waals surface area contributed by atoms with Crippen molar-refractivity contribution < 1.29 is 19.1 Å². The minimum Gasteiger partial charge on any atom is -0.454 e. The summed E-state index contributed by atoms with van der Waals surface area (Å²) in [5.41, 5.74) is 3.21. The van der Waals surface area contributed by atoms with Gasteiger partial charge in [0.2, 0.25) is 12.5 Å². The smallest absolute Gasteiger partial charge is 0.276 e. The fraction of sp³-hybridized carbons (Fsp3) is 0.231. The van der Waals surface area contributed by atoms with Crippen LogP contribution in [0.1, 0.15) is 46.8 Å². The first-order valence-corrected chi connectivity index (χ1v) is 11.0. The maximum Gasteiger partial charge on any atom is 0.276 e. The van der Waals surface area contributed by atoms with E-state index in [1.54, 1.807) is 11.0 Å². The highest BCUT2D eigenvalue weighted by molar-refractivity contribution is 6.14. The normalized spacial score (nSPS) is 20.0. The highest BCUT2D eigenvalue weighted by Gasteiger charge is 2.56. The minimum absolute atomic E-state index is 0.175. The molecule has 0 aliphatic carbocycles. The zero-order valence-electron chi connectivity index (χ0n) is 18.3. The van der Waals surface area contributed by atoms with Crippen molar-refractivity contribution in [1.82, 2.24) is 4.90 Å². The summed E-state index contributed by atoms with van der Waals surface area (Å²) in [4.78, 5) is 29.1. The lowest BCUT2D eigenvalue weighted by molar-refractivity contribution is -0.125. The molecular weight excluding hydrogens is 418 g/mol. The monoisotopic (exact) mass is 441 g/mol. The number of anilines is 2. The van der Waals surface area contributed by atoms with E-state index in [1.165, 1.54) is 0 Å². The molecular formula is C26H23N3O4. The van der Waals surface area contributed by atoms with E-state index in [4.69, 9.17) is 9.47 Å². The highest BCUT2D eigenvalue weighted by Crippen LogP contribution is 2.47. The van der Waals surface area contributed by atoms with Gasteiger partial charge in [-0.1, -0.05) is 38.1 Å². The van der Waals surface area contributed by atoms with Crippen molar-refractivity contribution in [2.75, 3.05) is 17.4 Å². The predicted molar refractivity (Wildman–Crippen MR) is 123 cm³/mol. The topological polar surface area (TPSA) is 79.9 Å². The number of hydrogen-bond acceptors (Lipinski definition) is 5. The summed E-state index contributed by atoms with van der Waals surface area (Å²) in [6.07, 6.45) is 0. The Hall–Kier alpha value is -4.00. The Kier molecular flexibility index (Phi) is 4.17. The largest absolute Gasteiger partial charge is 0.454 e. The van der Waals surface area contributed by atoms with E-state index in [0.717, 1.165) is 16.7 Å². The number of nitrogens with zero attached hydrogens (tertiary/aromatic N) is 1. The molecule has 0 aromatic heterocycles. The van der Waals surface area contributed by atoms with Crippen LogP contribution in [0.3, 0.4) is 0 Å². The van der Waals surface area contributed by atoms with E-state index in [1.807, 2.05) is 54.6 Å². The average Bonchev–Trinajstić information content (AvgIpc) is 3.38. The summed E-state index contributed by atoms with van der Waals surface area (Å²) in [5, 5.41) is 6.43. The van der Waals surface area contributed by atoms with Crippen LogP contribution in [0, 0.1) is 0 Å². The van der Waals surface area contributed by atoms with E-state index >= 15 is 0 Å². The number of para-hydroxylation sites is 1. The Morgan fingerprint density at radius 2 is 1.79 bits per heavy atom. The van der Waals surface area contributed by atoms with Crippen LogP contribution in [-0.2, 0) is 17.0 Å². The van der Waals surface area contributed by atoms with Gasteiger partial charge < -0.3 is 20.1 Å². The van der Waals surface area contributed by atoms with Gasteiger partial charge in [0.1, 0.15) is 0 Å². The second-order valence-corrected chi connectivity index (χ2v) is 8.87. The van der Waals surface area contributed by atoms with Gasteiger partial charge in [-0.15, -0.1) is 0 Å². The first kappa shape index (κ1) is 19.7. The highest BCUT2D eigenvalue weighted by atomic mass is 16.7. The lowest BCUT2D eigenvalue weighted by atomic mass is 9.89. The maximum absolute atomic E-state index is 13.8. The van der Waals surface area contributed by atoms with Gasteiger partial charge in [0.05, 0.1) is 5.56 Å². The van der Waals surface area contributed by atoms with Gasteiger partial charge in [-0.05, 0) is 53.4 Å². The molecule has 7 nitrogen and oxygen atoms in total. The molecule has 0 radical (unpaired) electrons. The number of ether oxygens (including phenoxy) is 2. The van der Waals surface area contributed by atoms with E-state index in [9.17, 15) is 9.59 Å². The molecule has 1 atom stereocenters. The molecule has 33 heavy (non-hydrogen) atoms. The summed E-state index contributed by atoms with van der Waals surface area (Å²) in [7, 11) is 0. The number of carbonyl (C=O) groups is 2. The molecule has 7 heteroatoms. The molecule has 2 N–H and O–H groups in total. The van der Waals surface area contributed by atoms with E-state index < -0.39 is 5.66 Å². The van der Waals surface area contributed by atoms with Crippen LogP contribution in [0.15, 0.2) is 60.7 Å². The van der Waals surface area contributed by atoms with Crippen molar-refractivity contribution in [3.63, 3.8) is 0 Å². The van der Waals surface area contributed by atoms with Gasteiger partial charge in [-0.25, -0.2) is 0 Å². The third-order valence-electron chi connectivity index (χ3n) is 6.58. The van der Waals surface area contributed by atoms with Crippen LogP contribution in [-0.4, -0.2) is 23.5 Å². The fourth-order valence-electron chi connectivity index (χ4n) is 4.81. The van der Waals surface area contributed by atoms with Gasteiger partial charge in [-0.3, -0.25) is 14.5 Å². The molecule has 0 saturated carbocycles. The first-order valence-electron chi connectivity index (χ1n) is 11.0. The summed E-state index contributed by atoms with van der Waals surface area (Å²) in [6.45, 7) is 4.61. The van der Waals surface area contributed by atoms with Crippen molar-refractivity contribution in [3.8, 4) is 11.5 Å².